The molecular formula is C12H17N3O3. The molecule has 0 aromatic heterocycles. The summed E-state index contributed by atoms with van der Waals surface area (Å²) >= 11 is 0. The Hall–Kier alpha value is -1.82. The Balaban J connectivity index is 2.19. The van der Waals surface area contributed by atoms with Crippen molar-refractivity contribution in [3.8, 4) is 0 Å². The Kier molecular flexibility index (Phi) is 3.38. The van der Waals surface area contributed by atoms with Crippen LogP contribution in [-0.4, -0.2) is 22.2 Å². The highest BCUT2D eigenvalue weighted by molar-refractivity contribution is 5.66. The minimum Gasteiger partial charge on any atom is -0.394 e. The highest BCUT2D eigenvalue weighted by atomic mass is 16.6. The molecule has 18 heavy (non-hydrogen) atoms. The van der Waals surface area contributed by atoms with Crippen molar-refractivity contribution in [2.75, 3.05) is 17.7 Å². The second-order valence-electron chi connectivity index (χ2n) is 4.80. The highest BCUT2D eigenvalue weighted by Crippen LogP contribution is 2.34. The zero-order valence-electron chi connectivity index (χ0n) is 10.1. The number of nitrogens with two attached hydrogens (primary N) is 1. The van der Waals surface area contributed by atoms with Crippen molar-refractivity contribution in [3.63, 3.8) is 0 Å². The summed E-state index contributed by atoms with van der Waals surface area (Å²) in [6.45, 7) is 0.0594. The molecule has 4 N–H and O–H groups in total. The van der Waals surface area contributed by atoms with E-state index in [2.05, 4.69) is 5.32 Å². The molecule has 6 nitrogen and oxygen atoms in total. The fourth-order valence-electron chi connectivity index (χ4n) is 2.48. The summed E-state index contributed by atoms with van der Waals surface area (Å²) in [4.78, 5) is 10.2. The van der Waals surface area contributed by atoms with Crippen molar-refractivity contribution >= 4 is 17.1 Å². The van der Waals surface area contributed by atoms with Crippen LogP contribution in [0.1, 0.15) is 25.7 Å². The van der Waals surface area contributed by atoms with Gasteiger partial charge in [-0.2, -0.15) is 0 Å². The molecule has 0 amide bonds. The fraction of sp³-hybridized carbons (Fsp3) is 0.500. The van der Waals surface area contributed by atoms with Crippen molar-refractivity contribution in [2.24, 2.45) is 0 Å². The predicted molar refractivity (Wildman–Crippen MR) is 69.4 cm³/mol. The van der Waals surface area contributed by atoms with E-state index in [1.54, 1.807) is 12.1 Å². The molecule has 98 valence electrons. The Morgan fingerprint density at radius 2 is 2.11 bits per heavy atom. The Bertz CT molecular complexity index is 456. The van der Waals surface area contributed by atoms with Gasteiger partial charge in [0, 0.05) is 11.8 Å². The van der Waals surface area contributed by atoms with Crippen LogP contribution >= 0.6 is 0 Å². The van der Waals surface area contributed by atoms with Crippen LogP contribution in [0.5, 0.6) is 0 Å². The summed E-state index contributed by atoms with van der Waals surface area (Å²) in [6.07, 6.45) is 3.97. The van der Waals surface area contributed by atoms with Gasteiger partial charge in [-0.25, -0.2) is 0 Å². The fourth-order valence-corrected chi connectivity index (χ4v) is 2.48. The molecule has 1 aliphatic carbocycles. The first-order valence-electron chi connectivity index (χ1n) is 5.99. The minimum absolute atomic E-state index is 0.0594. The molecule has 6 heteroatoms. The van der Waals surface area contributed by atoms with E-state index in [4.69, 9.17) is 5.73 Å². The quantitative estimate of drug-likeness (QED) is 0.431. The van der Waals surface area contributed by atoms with E-state index < -0.39 is 4.92 Å². The summed E-state index contributed by atoms with van der Waals surface area (Å²) in [5.41, 5.74) is 6.09. The molecule has 0 bridgehead atoms. The van der Waals surface area contributed by atoms with Crippen LogP contribution in [-0.2, 0) is 0 Å². The lowest BCUT2D eigenvalue weighted by atomic mass is 9.98. The Morgan fingerprint density at radius 1 is 1.44 bits per heavy atom. The third kappa shape index (κ3) is 2.38. The second-order valence-corrected chi connectivity index (χ2v) is 4.80. The number of aliphatic hydroxyl groups is 1. The van der Waals surface area contributed by atoms with Gasteiger partial charge >= 0.3 is 0 Å². The van der Waals surface area contributed by atoms with Crippen molar-refractivity contribution in [2.45, 2.75) is 31.2 Å². The van der Waals surface area contributed by atoms with Crippen LogP contribution in [0.3, 0.4) is 0 Å². The van der Waals surface area contributed by atoms with Gasteiger partial charge in [0.2, 0.25) is 0 Å². The topological polar surface area (TPSA) is 101 Å². The smallest absolute Gasteiger partial charge is 0.292 e. The summed E-state index contributed by atoms with van der Waals surface area (Å²) < 4.78 is 0. The summed E-state index contributed by atoms with van der Waals surface area (Å²) in [6, 6.07) is 4.57. The maximum atomic E-state index is 10.7. The van der Waals surface area contributed by atoms with E-state index in [1.165, 1.54) is 6.07 Å². The molecule has 0 heterocycles. The average Bonchev–Trinajstić information content (AvgIpc) is 2.78. The standard InChI is InChI=1S/C12H17N3O3/c13-10-7-9(3-4-11(10)15(17)18)14-12(8-16)5-1-2-6-12/h3-4,7,14,16H,1-2,5-6,8,13H2. The average molecular weight is 251 g/mol. The number of hydrogen-bond donors (Lipinski definition) is 3. The lowest BCUT2D eigenvalue weighted by Gasteiger charge is -2.29. The number of hydrogen-bond acceptors (Lipinski definition) is 5. The number of aliphatic hydroxyl groups excluding tert-OH is 1. The maximum Gasteiger partial charge on any atom is 0.292 e. The number of rotatable bonds is 4. The normalized spacial score (nSPS) is 17.6. The van der Waals surface area contributed by atoms with Crippen LogP contribution in [0.25, 0.3) is 0 Å². The molecule has 1 aliphatic rings. The molecule has 1 fully saturated rings. The molecule has 0 aliphatic heterocycles. The molecule has 0 saturated heterocycles. The van der Waals surface area contributed by atoms with Gasteiger partial charge in [-0.3, -0.25) is 10.1 Å². The molecule has 0 unspecified atom stereocenters. The Morgan fingerprint density at radius 3 is 2.61 bits per heavy atom. The van der Waals surface area contributed by atoms with E-state index in [1.807, 2.05) is 0 Å². The number of nitro benzene ring substituents is 1. The summed E-state index contributed by atoms with van der Waals surface area (Å²) in [7, 11) is 0. The highest BCUT2D eigenvalue weighted by Gasteiger charge is 2.33. The van der Waals surface area contributed by atoms with Gasteiger partial charge in [-0.15, -0.1) is 0 Å². The van der Waals surface area contributed by atoms with Gasteiger partial charge in [0.1, 0.15) is 5.69 Å². The van der Waals surface area contributed by atoms with Crippen LogP contribution in [0, 0.1) is 10.1 Å². The van der Waals surface area contributed by atoms with Gasteiger partial charge in [0.05, 0.1) is 17.1 Å². The largest absolute Gasteiger partial charge is 0.394 e. The molecule has 1 saturated carbocycles. The molecule has 2 rings (SSSR count). The molecule has 1 aromatic rings. The van der Waals surface area contributed by atoms with Crippen LogP contribution in [0.2, 0.25) is 0 Å². The zero-order chi connectivity index (χ0) is 13.2. The van der Waals surface area contributed by atoms with Crippen LogP contribution in [0.15, 0.2) is 18.2 Å². The van der Waals surface area contributed by atoms with Crippen molar-refractivity contribution in [3.05, 3.63) is 28.3 Å². The molecule has 0 spiro atoms. The second kappa shape index (κ2) is 4.81. The van der Waals surface area contributed by atoms with Crippen molar-refractivity contribution < 1.29 is 10.0 Å². The SMILES string of the molecule is Nc1cc(NC2(CO)CCCC2)ccc1[N+](=O)[O-]. The number of anilines is 2. The summed E-state index contributed by atoms with van der Waals surface area (Å²) in [5, 5.41) is 23.4. The monoisotopic (exact) mass is 251 g/mol. The molecule has 0 radical (unpaired) electrons. The maximum absolute atomic E-state index is 10.7. The van der Waals surface area contributed by atoms with Gasteiger partial charge in [-0.05, 0) is 25.0 Å². The molecular weight excluding hydrogens is 234 g/mol. The van der Waals surface area contributed by atoms with E-state index in [9.17, 15) is 15.2 Å². The van der Waals surface area contributed by atoms with Gasteiger partial charge in [0.25, 0.3) is 5.69 Å². The van der Waals surface area contributed by atoms with Gasteiger partial charge in [0.15, 0.2) is 0 Å². The number of nitrogens with one attached hydrogen (secondary N) is 1. The van der Waals surface area contributed by atoms with E-state index >= 15 is 0 Å². The molecule has 0 atom stereocenters. The van der Waals surface area contributed by atoms with Gasteiger partial charge < -0.3 is 16.2 Å². The van der Waals surface area contributed by atoms with E-state index in [-0.39, 0.29) is 23.5 Å². The lowest BCUT2D eigenvalue weighted by Crippen LogP contribution is -2.38. The van der Waals surface area contributed by atoms with Crippen LogP contribution < -0.4 is 11.1 Å². The first-order valence-corrected chi connectivity index (χ1v) is 5.99. The first-order chi connectivity index (χ1) is 8.56. The van der Waals surface area contributed by atoms with Crippen molar-refractivity contribution in [1.82, 2.24) is 0 Å². The van der Waals surface area contributed by atoms with E-state index in [0.717, 1.165) is 25.7 Å². The zero-order valence-corrected chi connectivity index (χ0v) is 10.1. The number of nitro groups is 1. The van der Waals surface area contributed by atoms with Crippen molar-refractivity contribution in [1.29, 1.82) is 0 Å². The minimum atomic E-state index is -0.503. The Labute approximate surface area is 105 Å². The molecule has 1 aromatic carbocycles. The lowest BCUT2D eigenvalue weighted by molar-refractivity contribution is -0.383. The van der Waals surface area contributed by atoms with Crippen LogP contribution in [0.4, 0.5) is 17.1 Å². The number of nitrogen functional groups attached to an aromatic ring is 1. The first kappa shape index (κ1) is 12.6. The number of benzene rings is 1. The van der Waals surface area contributed by atoms with Gasteiger partial charge in [-0.1, -0.05) is 12.8 Å². The third-order valence-corrected chi connectivity index (χ3v) is 3.50. The summed E-state index contributed by atoms with van der Waals surface area (Å²) in [5.74, 6) is 0. The number of nitrogens with zero attached hydrogens (tertiary/aromatic N) is 1. The van der Waals surface area contributed by atoms with E-state index in [0.29, 0.717) is 5.69 Å². The predicted octanol–water partition coefficient (Wildman–Crippen LogP) is 1.89. The third-order valence-electron chi connectivity index (χ3n) is 3.50.